The van der Waals surface area contributed by atoms with Crippen molar-refractivity contribution in [2.45, 2.75) is 6.18 Å². The van der Waals surface area contributed by atoms with Crippen LogP contribution in [0.1, 0.15) is 5.56 Å². The van der Waals surface area contributed by atoms with E-state index in [-0.39, 0.29) is 15.9 Å². The molecule has 0 aliphatic heterocycles. The Morgan fingerprint density at radius 2 is 1.88 bits per heavy atom. The summed E-state index contributed by atoms with van der Waals surface area (Å²) >= 11 is 5.52. The molecular formula is C10H5ClF3NO. The zero-order chi connectivity index (χ0) is 11.9. The number of hydrogen-bond donors (Lipinski definition) is 1. The van der Waals surface area contributed by atoms with E-state index >= 15 is 0 Å². The number of aromatic nitrogens is 1. The number of nitrogens with one attached hydrogen (secondary N) is 1. The molecule has 0 spiro atoms. The highest BCUT2D eigenvalue weighted by Gasteiger charge is 2.32. The van der Waals surface area contributed by atoms with Crippen molar-refractivity contribution >= 4 is 22.4 Å². The fourth-order valence-electron chi connectivity index (χ4n) is 1.50. The van der Waals surface area contributed by atoms with Crippen LogP contribution in [-0.2, 0) is 6.18 Å². The molecule has 1 aromatic heterocycles. The van der Waals surface area contributed by atoms with Crippen molar-refractivity contribution in [3.05, 3.63) is 45.3 Å². The number of halogens is 4. The molecule has 16 heavy (non-hydrogen) atoms. The molecular weight excluding hydrogens is 243 g/mol. The minimum atomic E-state index is -4.50. The summed E-state index contributed by atoms with van der Waals surface area (Å²) in [6.45, 7) is 0. The molecule has 1 N–H and O–H groups in total. The Balaban J connectivity index is 2.93. The van der Waals surface area contributed by atoms with Gasteiger partial charge in [-0.25, -0.2) is 0 Å². The summed E-state index contributed by atoms with van der Waals surface area (Å²) < 4.78 is 37.9. The van der Waals surface area contributed by atoms with Crippen LogP contribution in [0.4, 0.5) is 13.2 Å². The molecule has 2 nitrogen and oxygen atoms in total. The number of hydrogen-bond acceptors (Lipinski definition) is 1. The largest absolute Gasteiger partial charge is 0.417 e. The number of benzene rings is 1. The summed E-state index contributed by atoms with van der Waals surface area (Å²) in [4.78, 5) is 13.6. The highest BCUT2D eigenvalue weighted by molar-refractivity contribution is 6.30. The van der Waals surface area contributed by atoms with Crippen molar-refractivity contribution in [3.63, 3.8) is 0 Å². The molecule has 1 heterocycles. The van der Waals surface area contributed by atoms with Crippen molar-refractivity contribution in [1.29, 1.82) is 0 Å². The second kappa shape index (κ2) is 3.52. The number of alkyl halides is 3. The van der Waals surface area contributed by atoms with Crippen LogP contribution in [0.25, 0.3) is 10.8 Å². The molecule has 0 fully saturated rings. The van der Waals surface area contributed by atoms with Crippen LogP contribution in [-0.4, -0.2) is 4.98 Å². The van der Waals surface area contributed by atoms with Gasteiger partial charge in [0.25, 0.3) is 5.56 Å². The van der Waals surface area contributed by atoms with Gasteiger partial charge in [0.2, 0.25) is 0 Å². The fourth-order valence-corrected chi connectivity index (χ4v) is 1.70. The van der Waals surface area contributed by atoms with E-state index in [1.165, 1.54) is 12.1 Å². The van der Waals surface area contributed by atoms with Crippen LogP contribution in [0.2, 0.25) is 5.15 Å². The van der Waals surface area contributed by atoms with Gasteiger partial charge >= 0.3 is 6.18 Å². The number of H-pyrrole nitrogens is 1. The monoisotopic (exact) mass is 247 g/mol. The average Bonchev–Trinajstić information content (AvgIpc) is 2.15. The van der Waals surface area contributed by atoms with Gasteiger partial charge < -0.3 is 4.98 Å². The third-order valence-corrected chi connectivity index (χ3v) is 2.36. The third kappa shape index (κ3) is 1.78. The Morgan fingerprint density at radius 3 is 2.50 bits per heavy atom. The molecule has 0 bridgehead atoms. The van der Waals surface area contributed by atoms with E-state index in [4.69, 9.17) is 11.6 Å². The van der Waals surface area contributed by atoms with Crippen molar-refractivity contribution in [3.8, 4) is 0 Å². The van der Waals surface area contributed by atoms with Crippen LogP contribution < -0.4 is 5.56 Å². The van der Waals surface area contributed by atoms with Crippen molar-refractivity contribution < 1.29 is 13.2 Å². The summed E-state index contributed by atoms with van der Waals surface area (Å²) in [7, 11) is 0. The summed E-state index contributed by atoms with van der Waals surface area (Å²) in [5.74, 6) is 0. The molecule has 0 amide bonds. The lowest BCUT2D eigenvalue weighted by molar-refractivity contribution is -0.136. The lowest BCUT2D eigenvalue weighted by Gasteiger charge is -2.09. The van der Waals surface area contributed by atoms with Crippen LogP contribution >= 0.6 is 11.6 Å². The molecule has 84 valence electrons. The van der Waals surface area contributed by atoms with Gasteiger partial charge in [-0.15, -0.1) is 0 Å². The second-order valence-corrected chi connectivity index (χ2v) is 3.62. The Bertz CT molecular complexity index is 603. The molecule has 0 aliphatic carbocycles. The van der Waals surface area contributed by atoms with Crippen molar-refractivity contribution in [2.75, 3.05) is 0 Å². The first-order chi connectivity index (χ1) is 7.39. The maximum atomic E-state index is 12.6. The Labute approximate surface area is 92.7 Å². The predicted octanol–water partition coefficient (Wildman–Crippen LogP) is 3.20. The minimum Gasteiger partial charge on any atom is -0.312 e. The van der Waals surface area contributed by atoms with Gasteiger partial charge in [0.15, 0.2) is 0 Å². The fraction of sp³-hybridized carbons (Fsp3) is 0.100. The summed E-state index contributed by atoms with van der Waals surface area (Å²) in [5, 5.41) is -0.336. The molecule has 1 aromatic carbocycles. The number of aromatic amines is 1. The zero-order valence-corrected chi connectivity index (χ0v) is 8.49. The van der Waals surface area contributed by atoms with Crippen LogP contribution in [0.3, 0.4) is 0 Å². The van der Waals surface area contributed by atoms with E-state index in [1.54, 1.807) is 0 Å². The van der Waals surface area contributed by atoms with Crippen LogP contribution in [0, 0.1) is 0 Å². The van der Waals surface area contributed by atoms with E-state index in [1.807, 2.05) is 0 Å². The molecule has 0 unspecified atom stereocenters. The molecule has 0 saturated carbocycles. The molecule has 0 radical (unpaired) electrons. The van der Waals surface area contributed by atoms with Crippen molar-refractivity contribution in [2.24, 2.45) is 0 Å². The van der Waals surface area contributed by atoms with Gasteiger partial charge in [0.05, 0.1) is 5.56 Å². The van der Waals surface area contributed by atoms with Gasteiger partial charge in [0, 0.05) is 10.8 Å². The Morgan fingerprint density at radius 1 is 1.19 bits per heavy atom. The molecule has 0 saturated heterocycles. The van der Waals surface area contributed by atoms with Gasteiger partial charge in [-0.1, -0.05) is 17.7 Å². The SMILES string of the molecule is O=c1[nH]c(Cl)cc2c(C(F)(F)F)cccc12. The average molecular weight is 248 g/mol. The van der Waals surface area contributed by atoms with Gasteiger partial charge in [-0.3, -0.25) is 4.79 Å². The smallest absolute Gasteiger partial charge is 0.312 e. The maximum Gasteiger partial charge on any atom is 0.417 e. The van der Waals surface area contributed by atoms with Crippen LogP contribution in [0.15, 0.2) is 29.1 Å². The predicted molar refractivity (Wildman–Crippen MR) is 54.6 cm³/mol. The van der Waals surface area contributed by atoms with Gasteiger partial charge in [0.1, 0.15) is 5.15 Å². The zero-order valence-electron chi connectivity index (χ0n) is 7.73. The lowest BCUT2D eigenvalue weighted by atomic mass is 10.1. The number of fused-ring (bicyclic) bond motifs is 1. The van der Waals surface area contributed by atoms with E-state index < -0.39 is 17.3 Å². The van der Waals surface area contributed by atoms with E-state index in [0.29, 0.717) is 0 Å². The molecule has 0 atom stereocenters. The highest BCUT2D eigenvalue weighted by atomic mass is 35.5. The maximum absolute atomic E-state index is 12.6. The lowest BCUT2D eigenvalue weighted by Crippen LogP contribution is -2.11. The van der Waals surface area contributed by atoms with E-state index in [0.717, 1.165) is 12.1 Å². The van der Waals surface area contributed by atoms with Gasteiger partial charge in [-0.05, 0) is 18.2 Å². The number of rotatable bonds is 0. The van der Waals surface area contributed by atoms with Gasteiger partial charge in [-0.2, -0.15) is 13.2 Å². The summed E-state index contributed by atoms with van der Waals surface area (Å²) in [6.07, 6.45) is -4.50. The molecule has 2 aromatic rings. The molecule has 0 aliphatic rings. The first-order valence-electron chi connectivity index (χ1n) is 4.28. The van der Waals surface area contributed by atoms with E-state index in [9.17, 15) is 18.0 Å². The Kier molecular flexibility index (Phi) is 2.42. The normalized spacial score (nSPS) is 12.0. The summed E-state index contributed by atoms with van der Waals surface area (Å²) in [6, 6.07) is 4.52. The van der Waals surface area contributed by atoms with Crippen molar-refractivity contribution in [1.82, 2.24) is 4.98 Å². The Hall–Kier alpha value is -1.49. The summed E-state index contributed by atoms with van der Waals surface area (Å²) in [5.41, 5.74) is -1.49. The van der Waals surface area contributed by atoms with Crippen LogP contribution in [0.5, 0.6) is 0 Å². The first kappa shape index (κ1) is 11.0. The third-order valence-electron chi connectivity index (χ3n) is 2.16. The topological polar surface area (TPSA) is 32.9 Å². The number of pyridine rings is 1. The second-order valence-electron chi connectivity index (χ2n) is 3.21. The quantitative estimate of drug-likeness (QED) is 0.713. The highest BCUT2D eigenvalue weighted by Crippen LogP contribution is 2.34. The minimum absolute atomic E-state index is 0.0285. The molecule has 6 heteroatoms. The first-order valence-corrected chi connectivity index (χ1v) is 4.66. The van der Waals surface area contributed by atoms with E-state index in [2.05, 4.69) is 4.98 Å². The standard InChI is InChI=1S/C10H5ClF3NO/c11-8-4-6-5(9(16)15-8)2-1-3-7(6)10(12,13)14/h1-4H,(H,15,16). The molecule has 2 rings (SSSR count).